The second-order valence-corrected chi connectivity index (χ2v) is 4.53. The molecule has 66 valence electrons. The first-order valence-electron chi connectivity index (χ1n) is 4.37. The number of Topliss-reactive ketones (excluding diaryl/α,β-unsaturated/α-hetero) is 2. The summed E-state index contributed by atoms with van der Waals surface area (Å²) in [7, 11) is 0. The van der Waals surface area contributed by atoms with Crippen LogP contribution in [-0.4, -0.2) is 16.4 Å². The van der Waals surface area contributed by atoms with Gasteiger partial charge in [0.2, 0.25) is 0 Å². The third-order valence-corrected chi connectivity index (χ3v) is 3.14. The number of ketones is 2. The summed E-state index contributed by atoms with van der Waals surface area (Å²) in [6.07, 6.45) is 3.54. The lowest BCUT2D eigenvalue weighted by Gasteiger charge is -2.02. The van der Waals surface area contributed by atoms with Crippen molar-refractivity contribution in [3.8, 4) is 0 Å². The Morgan fingerprint density at radius 1 is 1.33 bits per heavy atom. The molecule has 3 heteroatoms. The first kappa shape index (κ1) is 8.24. The molecule has 2 fully saturated rings. The number of rotatable bonds is 4. The normalized spacial score (nSPS) is 25.1. The van der Waals surface area contributed by atoms with E-state index in [1.807, 2.05) is 0 Å². The van der Waals surface area contributed by atoms with E-state index in [9.17, 15) is 9.59 Å². The van der Waals surface area contributed by atoms with Gasteiger partial charge in [0.05, 0.1) is 6.42 Å². The van der Waals surface area contributed by atoms with Crippen LogP contribution in [0.1, 0.15) is 32.1 Å². The molecule has 2 aliphatic rings. The highest BCUT2D eigenvalue weighted by molar-refractivity contribution is 6.38. The molecular weight excluding hydrogens is 176 g/mol. The average molecular weight is 187 g/mol. The van der Waals surface area contributed by atoms with Gasteiger partial charge in [-0.1, -0.05) is 0 Å². The Bertz CT molecular complexity index is 239. The van der Waals surface area contributed by atoms with Crippen LogP contribution in [0.5, 0.6) is 0 Å². The lowest BCUT2D eigenvalue weighted by Crippen LogP contribution is -2.20. The number of alkyl halides is 1. The first-order chi connectivity index (χ1) is 5.62. The van der Waals surface area contributed by atoms with Gasteiger partial charge >= 0.3 is 0 Å². The molecule has 0 saturated heterocycles. The molecule has 2 nitrogen and oxygen atoms in total. The summed E-state index contributed by atoms with van der Waals surface area (Å²) >= 11 is 5.86. The van der Waals surface area contributed by atoms with Crippen LogP contribution < -0.4 is 0 Å². The summed E-state index contributed by atoms with van der Waals surface area (Å²) < 4.78 is 0. The Balaban J connectivity index is 1.85. The summed E-state index contributed by atoms with van der Waals surface area (Å²) in [5.41, 5.74) is 0. The van der Waals surface area contributed by atoms with Gasteiger partial charge in [-0.2, -0.15) is 0 Å². The van der Waals surface area contributed by atoms with Crippen molar-refractivity contribution in [1.82, 2.24) is 0 Å². The third-order valence-electron chi connectivity index (χ3n) is 2.56. The number of carbonyl (C=O) groups is 2. The molecule has 0 unspecified atom stereocenters. The molecule has 12 heavy (non-hydrogen) atoms. The van der Waals surface area contributed by atoms with Gasteiger partial charge in [0, 0.05) is 5.92 Å². The van der Waals surface area contributed by atoms with Crippen molar-refractivity contribution < 1.29 is 9.59 Å². The zero-order valence-electron chi connectivity index (χ0n) is 6.81. The molecular formula is C9H11ClO2. The zero-order valence-corrected chi connectivity index (χ0v) is 7.56. The van der Waals surface area contributed by atoms with Crippen molar-refractivity contribution in [3.05, 3.63) is 0 Å². The van der Waals surface area contributed by atoms with E-state index in [1.54, 1.807) is 0 Å². The summed E-state index contributed by atoms with van der Waals surface area (Å²) in [5.74, 6) is 0.237. The van der Waals surface area contributed by atoms with Crippen LogP contribution in [0.25, 0.3) is 0 Å². The van der Waals surface area contributed by atoms with Crippen LogP contribution in [0.15, 0.2) is 0 Å². The van der Waals surface area contributed by atoms with Crippen LogP contribution >= 0.6 is 11.6 Å². The van der Waals surface area contributed by atoms with Gasteiger partial charge in [-0.05, 0) is 25.7 Å². The minimum atomic E-state index is -0.634. The third kappa shape index (κ3) is 1.53. The van der Waals surface area contributed by atoms with Crippen LogP contribution in [-0.2, 0) is 9.59 Å². The summed E-state index contributed by atoms with van der Waals surface area (Å²) in [6.45, 7) is 0. The second-order valence-electron chi connectivity index (χ2n) is 3.81. The van der Waals surface area contributed by atoms with E-state index >= 15 is 0 Å². The molecule has 2 aliphatic carbocycles. The fourth-order valence-corrected chi connectivity index (χ4v) is 1.42. The Morgan fingerprint density at radius 3 is 2.33 bits per heavy atom. The van der Waals surface area contributed by atoms with Gasteiger partial charge in [-0.25, -0.2) is 0 Å². The Morgan fingerprint density at radius 2 is 1.92 bits per heavy atom. The van der Waals surface area contributed by atoms with E-state index in [2.05, 4.69) is 0 Å². The van der Waals surface area contributed by atoms with Crippen molar-refractivity contribution in [2.75, 3.05) is 0 Å². The van der Waals surface area contributed by atoms with Crippen LogP contribution in [0.2, 0.25) is 0 Å². The molecule has 0 atom stereocenters. The number of halogens is 1. The monoisotopic (exact) mass is 186 g/mol. The zero-order chi connectivity index (χ0) is 8.77. The summed E-state index contributed by atoms with van der Waals surface area (Å²) in [6, 6.07) is 0. The highest BCUT2D eigenvalue weighted by atomic mass is 35.5. The maximum absolute atomic E-state index is 11.3. The molecule has 0 N–H and O–H groups in total. The Labute approximate surface area is 76.3 Å². The first-order valence-corrected chi connectivity index (χ1v) is 4.74. The Kier molecular flexibility index (Phi) is 1.76. The number of carbonyl (C=O) groups excluding carboxylic acids is 2. The average Bonchev–Trinajstić information content (AvgIpc) is 2.79. The van der Waals surface area contributed by atoms with Crippen LogP contribution in [0.4, 0.5) is 0 Å². The van der Waals surface area contributed by atoms with Gasteiger partial charge in [-0.3, -0.25) is 9.59 Å². The predicted octanol–water partition coefficient (Wildman–Crippen LogP) is 1.70. The minimum Gasteiger partial charge on any atom is -0.299 e. The molecule has 0 radical (unpaired) electrons. The fourth-order valence-electron chi connectivity index (χ4n) is 1.25. The number of hydrogen-bond acceptors (Lipinski definition) is 2. The SMILES string of the molecule is O=C(CC(=O)C1(Cl)CC1)C1CC1. The van der Waals surface area contributed by atoms with Gasteiger partial charge in [0.15, 0.2) is 5.78 Å². The van der Waals surface area contributed by atoms with E-state index in [0.29, 0.717) is 0 Å². The van der Waals surface area contributed by atoms with Gasteiger partial charge in [0.25, 0.3) is 0 Å². The van der Waals surface area contributed by atoms with E-state index < -0.39 is 4.87 Å². The molecule has 0 spiro atoms. The smallest absolute Gasteiger partial charge is 0.161 e. The second kappa shape index (κ2) is 2.56. The highest BCUT2D eigenvalue weighted by Gasteiger charge is 2.48. The van der Waals surface area contributed by atoms with Crippen LogP contribution in [0, 0.1) is 5.92 Å². The minimum absolute atomic E-state index is 0.0546. The maximum Gasteiger partial charge on any atom is 0.161 e. The molecule has 2 rings (SSSR count). The van der Waals surface area contributed by atoms with E-state index in [4.69, 9.17) is 11.6 Å². The molecule has 0 heterocycles. The van der Waals surface area contributed by atoms with Gasteiger partial charge < -0.3 is 0 Å². The van der Waals surface area contributed by atoms with Crippen molar-refractivity contribution in [2.45, 2.75) is 37.0 Å². The fraction of sp³-hybridized carbons (Fsp3) is 0.778. The molecule has 2 saturated carbocycles. The molecule has 0 aromatic rings. The van der Waals surface area contributed by atoms with Gasteiger partial charge in [-0.15, -0.1) is 11.6 Å². The Hall–Kier alpha value is -0.370. The lowest BCUT2D eigenvalue weighted by atomic mass is 10.1. The highest BCUT2D eigenvalue weighted by Crippen LogP contribution is 2.44. The van der Waals surface area contributed by atoms with E-state index in [1.165, 1.54) is 0 Å². The van der Waals surface area contributed by atoms with Crippen molar-refractivity contribution in [3.63, 3.8) is 0 Å². The van der Waals surface area contributed by atoms with Crippen molar-refractivity contribution in [2.24, 2.45) is 5.92 Å². The predicted molar refractivity (Wildman–Crippen MR) is 45.2 cm³/mol. The molecule has 0 aromatic heterocycles. The molecule has 0 aliphatic heterocycles. The summed E-state index contributed by atoms with van der Waals surface area (Å²) in [5, 5.41) is 0. The standard InChI is InChI=1S/C9H11ClO2/c10-9(3-4-9)8(12)5-7(11)6-1-2-6/h6H,1-5H2. The van der Waals surface area contributed by atoms with Crippen molar-refractivity contribution >= 4 is 23.2 Å². The largest absolute Gasteiger partial charge is 0.299 e. The maximum atomic E-state index is 11.3. The summed E-state index contributed by atoms with van der Waals surface area (Å²) in [4.78, 5) is 21.9. The van der Waals surface area contributed by atoms with E-state index in [-0.39, 0.29) is 23.9 Å². The lowest BCUT2D eigenvalue weighted by molar-refractivity contribution is -0.127. The van der Waals surface area contributed by atoms with Crippen molar-refractivity contribution in [1.29, 1.82) is 0 Å². The van der Waals surface area contributed by atoms with Gasteiger partial charge in [0.1, 0.15) is 10.7 Å². The quantitative estimate of drug-likeness (QED) is 0.495. The molecule has 0 aromatic carbocycles. The molecule has 0 amide bonds. The number of hydrogen-bond donors (Lipinski definition) is 0. The molecule has 0 bridgehead atoms. The topological polar surface area (TPSA) is 34.1 Å². The van der Waals surface area contributed by atoms with Crippen LogP contribution in [0.3, 0.4) is 0 Å². The van der Waals surface area contributed by atoms with E-state index in [0.717, 1.165) is 25.7 Å².